The van der Waals surface area contributed by atoms with Gasteiger partial charge in [-0.1, -0.05) is 29.4 Å². The largest absolute Gasteiger partial charge is 0.485 e. The highest BCUT2D eigenvalue weighted by atomic mass is 19.4. The van der Waals surface area contributed by atoms with Gasteiger partial charge >= 0.3 is 6.18 Å². The smallest absolute Gasteiger partial charge is 0.416 e. The Balaban J connectivity index is 1.72. The lowest BCUT2D eigenvalue weighted by Gasteiger charge is -2.17. The van der Waals surface area contributed by atoms with Crippen LogP contribution < -0.4 is 10.1 Å². The predicted molar refractivity (Wildman–Crippen MR) is 97.1 cm³/mol. The normalized spacial score (nSPS) is 12.4. The highest BCUT2D eigenvalue weighted by Gasteiger charge is 2.30. The molecule has 1 unspecified atom stereocenters. The lowest BCUT2D eigenvalue weighted by Crippen LogP contribution is -2.27. The van der Waals surface area contributed by atoms with Gasteiger partial charge in [0.05, 0.1) is 17.2 Å². The minimum atomic E-state index is -4.45. The van der Waals surface area contributed by atoms with Crippen molar-refractivity contribution in [1.82, 2.24) is 15.5 Å². The minimum Gasteiger partial charge on any atom is -0.485 e. The van der Waals surface area contributed by atoms with Gasteiger partial charge in [0.1, 0.15) is 5.75 Å². The van der Waals surface area contributed by atoms with Gasteiger partial charge in [0, 0.05) is 6.92 Å². The van der Waals surface area contributed by atoms with Crippen molar-refractivity contribution in [3.05, 3.63) is 76.9 Å². The molecule has 1 heterocycles. The predicted octanol–water partition coefficient (Wildman–Crippen LogP) is 4.47. The van der Waals surface area contributed by atoms with Crippen LogP contribution in [-0.2, 0) is 12.8 Å². The van der Waals surface area contributed by atoms with E-state index in [4.69, 9.17) is 9.26 Å². The van der Waals surface area contributed by atoms with Crippen molar-refractivity contribution in [2.75, 3.05) is 0 Å². The number of benzene rings is 2. The summed E-state index contributed by atoms with van der Waals surface area (Å²) in [7, 11) is 0. The van der Waals surface area contributed by atoms with Gasteiger partial charge in [-0.2, -0.15) is 18.2 Å². The van der Waals surface area contributed by atoms with Crippen LogP contribution in [0.5, 0.6) is 5.75 Å². The number of amides is 1. The molecular weight excluding hydrogens is 387 g/mol. The van der Waals surface area contributed by atoms with Crippen LogP contribution in [0.1, 0.15) is 46.2 Å². The van der Waals surface area contributed by atoms with E-state index in [0.717, 1.165) is 12.1 Å². The second-order valence-electron chi connectivity index (χ2n) is 6.33. The minimum absolute atomic E-state index is 0.00478. The maximum atomic E-state index is 12.9. The van der Waals surface area contributed by atoms with Crippen LogP contribution >= 0.6 is 0 Å². The molecule has 0 radical (unpaired) electrons. The summed E-state index contributed by atoms with van der Waals surface area (Å²) in [5, 5.41) is 6.42. The first-order valence-corrected chi connectivity index (χ1v) is 8.73. The molecule has 0 bridgehead atoms. The van der Waals surface area contributed by atoms with Crippen LogP contribution in [0, 0.1) is 6.92 Å². The summed E-state index contributed by atoms with van der Waals surface area (Å²) in [5.41, 5.74) is -0.185. The lowest BCUT2D eigenvalue weighted by molar-refractivity contribution is -0.137. The van der Waals surface area contributed by atoms with Crippen molar-refractivity contribution >= 4 is 5.91 Å². The molecule has 1 atom stereocenters. The molecule has 0 saturated carbocycles. The van der Waals surface area contributed by atoms with E-state index in [1.54, 1.807) is 38.1 Å². The van der Waals surface area contributed by atoms with Crippen LogP contribution in [0.2, 0.25) is 0 Å². The fourth-order valence-corrected chi connectivity index (χ4v) is 2.66. The van der Waals surface area contributed by atoms with Crippen molar-refractivity contribution in [2.45, 2.75) is 32.7 Å². The van der Waals surface area contributed by atoms with E-state index in [2.05, 4.69) is 15.5 Å². The number of hydrogen-bond acceptors (Lipinski definition) is 5. The maximum absolute atomic E-state index is 12.9. The second kappa shape index (κ2) is 8.34. The summed E-state index contributed by atoms with van der Waals surface area (Å²) in [6, 6.07) is 10.7. The fourth-order valence-electron chi connectivity index (χ4n) is 2.66. The Bertz CT molecular complexity index is 1000. The number of alkyl halides is 3. The van der Waals surface area contributed by atoms with Gasteiger partial charge in [-0.3, -0.25) is 4.79 Å². The fraction of sp³-hybridized carbons (Fsp3) is 0.250. The maximum Gasteiger partial charge on any atom is 0.416 e. The Morgan fingerprint density at radius 1 is 1.21 bits per heavy atom. The molecule has 0 saturated heterocycles. The topological polar surface area (TPSA) is 77.2 Å². The zero-order chi connectivity index (χ0) is 21.0. The van der Waals surface area contributed by atoms with Gasteiger partial charge in [0.25, 0.3) is 5.91 Å². The molecule has 3 rings (SSSR count). The first-order chi connectivity index (χ1) is 13.7. The number of carbonyl (C=O) groups is 1. The number of halogens is 3. The highest BCUT2D eigenvalue weighted by molar-refractivity contribution is 5.97. The van der Waals surface area contributed by atoms with Crippen molar-refractivity contribution in [1.29, 1.82) is 0 Å². The van der Waals surface area contributed by atoms with Gasteiger partial charge in [0.2, 0.25) is 11.7 Å². The number of hydrogen-bond donors (Lipinski definition) is 1. The van der Waals surface area contributed by atoms with E-state index in [1.807, 2.05) is 0 Å². The third kappa shape index (κ3) is 5.13. The lowest BCUT2D eigenvalue weighted by atomic mass is 10.0. The van der Waals surface area contributed by atoms with Gasteiger partial charge < -0.3 is 14.6 Å². The van der Waals surface area contributed by atoms with Crippen molar-refractivity contribution < 1.29 is 27.2 Å². The Labute approximate surface area is 164 Å². The van der Waals surface area contributed by atoms with E-state index in [-0.39, 0.29) is 12.2 Å². The summed E-state index contributed by atoms with van der Waals surface area (Å²) in [6.07, 6.45) is -4.45. The Morgan fingerprint density at radius 3 is 2.66 bits per heavy atom. The molecule has 2 aromatic carbocycles. The third-order valence-corrected chi connectivity index (χ3v) is 4.12. The average Bonchev–Trinajstić information content (AvgIpc) is 3.11. The average molecular weight is 405 g/mol. The molecule has 1 amide bonds. The van der Waals surface area contributed by atoms with Gasteiger partial charge in [0.15, 0.2) is 6.61 Å². The van der Waals surface area contributed by atoms with Crippen LogP contribution in [0.3, 0.4) is 0 Å². The van der Waals surface area contributed by atoms with Gasteiger partial charge in [-0.15, -0.1) is 0 Å². The number of para-hydroxylation sites is 1. The summed E-state index contributed by atoms with van der Waals surface area (Å²) in [6.45, 7) is 3.26. The molecule has 0 fully saturated rings. The molecular formula is C20H18F3N3O3. The summed E-state index contributed by atoms with van der Waals surface area (Å²) in [5.74, 6) is 0.540. The van der Waals surface area contributed by atoms with Gasteiger partial charge in [-0.25, -0.2) is 0 Å². The number of ether oxygens (including phenoxy) is 1. The SMILES string of the molecule is Cc1nc(COc2ccccc2C(=O)NC(C)c2cccc(C(F)(F)F)c2)no1. The Hall–Kier alpha value is -3.36. The number of nitrogens with one attached hydrogen (secondary N) is 1. The number of nitrogens with zero attached hydrogens (tertiary/aromatic N) is 2. The van der Waals surface area contributed by atoms with Crippen LogP contribution in [0.25, 0.3) is 0 Å². The molecule has 6 nitrogen and oxygen atoms in total. The highest BCUT2D eigenvalue weighted by Crippen LogP contribution is 2.31. The molecule has 1 N–H and O–H groups in total. The molecule has 29 heavy (non-hydrogen) atoms. The third-order valence-electron chi connectivity index (χ3n) is 4.12. The molecule has 0 aliphatic heterocycles. The van der Waals surface area contributed by atoms with Gasteiger partial charge in [-0.05, 0) is 36.8 Å². The zero-order valence-corrected chi connectivity index (χ0v) is 15.7. The molecule has 152 valence electrons. The summed E-state index contributed by atoms with van der Waals surface area (Å²) >= 11 is 0. The molecule has 0 spiro atoms. The standard InChI is InChI=1S/C20H18F3N3O3/c1-12(14-6-5-7-15(10-14)20(21,22)23)24-19(27)16-8-3-4-9-17(16)28-11-18-25-13(2)29-26-18/h3-10,12H,11H2,1-2H3,(H,24,27). The quantitative estimate of drug-likeness (QED) is 0.655. The van der Waals surface area contributed by atoms with E-state index < -0.39 is 23.7 Å². The van der Waals surface area contributed by atoms with Crippen molar-refractivity contribution in [3.63, 3.8) is 0 Å². The zero-order valence-electron chi connectivity index (χ0n) is 15.7. The second-order valence-corrected chi connectivity index (χ2v) is 6.33. The van der Waals surface area contributed by atoms with E-state index in [1.165, 1.54) is 12.1 Å². The Kier molecular flexibility index (Phi) is 5.86. The number of aromatic nitrogens is 2. The molecule has 1 aromatic heterocycles. The van der Waals surface area contributed by atoms with E-state index in [0.29, 0.717) is 23.0 Å². The van der Waals surface area contributed by atoms with E-state index >= 15 is 0 Å². The van der Waals surface area contributed by atoms with Crippen LogP contribution in [-0.4, -0.2) is 16.0 Å². The van der Waals surface area contributed by atoms with E-state index in [9.17, 15) is 18.0 Å². The molecule has 0 aliphatic carbocycles. The molecule has 9 heteroatoms. The number of aryl methyl sites for hydroxylation is 1. The Morgan fingerprint density at radius 2 is 1.97 bits per heavy atom. The first kappa shape index (κ1) is 20.4. The first-order valence-electron chi connectivity index (χ1n) is 8.73. The van der Waals surface area contributed by atoms with Crippen LogP contribution in [0.15, 0.2) is 53.1 Å². The van der Waals surface area contributed by atoms with Crippen molar-refractivity contribution in [3.8, 4) is 5.75 Å². The summed E-state index contributed by atoms with van der Waals surface area (Å²) < 4.78 is 49.2. The number of rotatable bonds is 6. The molecule has 0 aliphatic rings. The van der Waals surface area contributed by atoms with Crippen molar-refractivity contribution in [2.24, 2.45) is 0 Å². The molecule has 3 aromatic rings. The number of carbonyl (C=O) groups excluding carboxylic acids is 1. The summed E-state index contributed by atoms with van der Waals surface area (Å²) in [4.78, 5) is 16.7. The monoisotopic (exact) mass is 405 g/mol. The van der Waals surface area contributed by atoms with Crippen LogP contribution in [0.4, 0.5) is 13.2 Å².